The first-order chi connectivity index (χ1) is 46.6. The minimum absolute atomic E-state index is 0.106. The maximum absolute atomic E-state index is 13.1. The fourth-order valence-corrected chi connectivity index (χ4v) is 13.5. The van der Waals surface area contributed by atoms with Crippen LogP contribution < -0.4 is 0 Å². The van der Waals surface area contributed by atoms with E-state index in [2.05, 4.69) is 55.4 Å². The van der Waals surface area contributed by atoms with Crippen LogP contribution in [0, 0.1) is 23.7 Å². The molecule has 3 N–H and O–H groups in total. The number of phosphoric acid groups is 2. The number of hydrogen-bond acceptors (Lipinski definition) is 15. The Kier molecular flexibility index (Phi) is 65.9. The lowest BCUT2D eigenvalue weighted by Gasteiger charge is -2.21. The van der Waals surface area contributed by atoms with Crippen molar-refractivity contribution in [1.29, 1.82) is 0 Å². The number of unbranched alkanes of at least 4 members (excludes halogenated alkanes) is 41. The molecule has 97 heavy (non-hydrogen) atoms. The molecule has 0 aromatic heterocycles. The van der Waals surface area contributed by atoms with Crippen LogP contribution in [0.2, 0.25) is 0 Å². The molecule has 0 aliphatic carbocycles. The number of aliphatic hydroxyl groups excluding tert-OH is 1. The van der Waals surface area contributed by atoms with Gasteiger partial charge in [0.05, 0.1) is 26.4 Å². The van der Waals surface area contributed by atoms with Gasteiger partial charge in [0.15, 0.2) is 12.2 Å². The Hall–Kier alpha value is -1.94. The molecule has 0 fully saturated rings. The number of aliphatic hydroxyl groups is 1. The molecule has 0 heterocycles. The lowest BCUT2D eigenvalue weighted by atomic mass is 10.0. The minimum atomic E-state index is -4.96. The number of ether oxygens (including phenoxy) is 4. The molecule has 0 aliphatic rings. The van der Waals surface area contributed by atoms with Gasteiger partial charge in [-0.1, -0.05) is 344 Å². The summed E-state index contributed by atoms with van der Waals surface area (Å²) < 4.78 is 68.6. The van der Waals surface area contributed by atoms with Crippen molar-refractivity contribution in [2.75, 3.05) is 39.6 Å². The van der Waals surface area contributed by atoms with Crippen LogP contribution >= 0.6 is 15.6 Å². The van der Waals surface area contributed by atoms with E-state index >= 15 is 0 Å². The summed E-state index contributed by atoms with van der Waals surface area (Å²) in [4.78, 5) is 72.9. The maximum atomic E-state index is 13.1. The normalized spacial score (nSPS) is 14.1. The van der Waals surface area contributed by atoms with E-state index in [1.807, 2.05) is 0 Å². The molecule has 576 valence electrons. The number of carbonyl (C=O) groups excluding carboxylic acids is 4. The van der Waals surface area contributed by atoms with Crippen molar-refractivity contribution in [3.63, 3.8) is 0 Å². The van der Waals surface area contributed by atoms with Gasteiger partial charge in [0.25, 0.3) is 0 Å². The average molecular weight is 1420 g/mol. The number of phosphoric ester groups is 2. The third-order valence-electron chi connectivity index (χ3n) is 18.1. The van der Waals surface area contributed by atoms with Crippen LogP contribution in [-0.2, 0) is 65.4 Å². The van der Waals surface area contributed by atoms with E-state index in [0.717, 1.165) is 114 Å². The van der Waals surface area contributed by atoms with Crippen molar-refractivity contribution >= 4 is 39.5 Å². The predicted octanol–water partition coefficient (Wildman–Crippen LogP) is 22.8. The van der Waals surface area contributed by atoms with Crippen LogP contribution in [-0.4, -0.2) is 96.7 Å². The zero-order valence-electron chi connectivity index (χ0n) is 63.7. The summed E-state index contributed by atoms with van der Waals surface area (Å²) in [6, 6.07) is 0. The van der Waals surface area contributed by atoms with E-state index in [0.29, 0.717) is 31.6 Å². The summed E-state index contributed by atoms with van der Waals surface area (Å²) in [5, 5.41) is 10.6. The van der Waals surface area contributed by atoms with Gasteiger partial charge in [0, 0.05) is 25.7 Å². The van der Waals surface area contributed by atoms with Gasteiger partial charge < -0.3 is 33.8 Å². The Morgan fingerprint density at radius 1 is 0.258 bits per heavy atom. The largest absolute Gasteiger partial charge is 0.472 e. The van der Waals surface area contributed by atoms with E-state index in [4.69, 9.17) is 37.0 Å². The van der Waals surface area contributed by atoms with E-state index in [1.165, 1.54) is 193 Å². The van der Waals surface area contributed by atoms with Gasteiger partial charge in [0.2, 0.25) is 0 Å². The molecule has 0 spiro atoms. The summed E-state index contributed by atoms with van der Waals surface area (Å²) in [6.45, 7) is 14.2. The third kappa shape index (κ3) is 72.2. The molecule has 5 atom stereocenters. The van der Waals surface area contributed by atoms with Gasteiger partial charge in [-0.05, 0) is 49.4 Å². The summed E-state index contributed by atoms with van der Waals surface area (Å²) in [7, 11) is -9.92. The third-order valence-corrected chi connectivity index (χ3v) is 20.0. The van der Waals surface area contributed by atoms with Gasteiger partial charge in [0.1, 0.15) is 19.3 Å². The molecule has 0 bridgehead atoms. The molecule has 0 saturated carbocycles. The second kappa shape index (κ2) is 67.2. The first kappa shape index (κ1) is 95.1. The van der Waals surface area contributed by atoms with Crippen molar-refractivity contribution in [3.05, 3.63) is 0 Å². The minimum Gasteiger partial charge on any atom is -0.462 e. The highest BCUT2D eigenvalue weighted by atomic mass is 31.2. The van der Waals surface area contributed by atoms with Crippen molar-refractivity contribution in [1.82, 2.24) is 0 Å². The first-order valence-electron chi connectivity index (χ1n) is 40.2. The smallest absolute Gasteiger partial charge is 0.462 e. The van der Waals surface area contributed by atoms with Crippen LogP contribution in [0.1, 0.15) is 396 Å². The Morgan fingerprint density at radius 3 is 0.639 bits per heavy atom. The van der Waals surface area contributed by atoms with Crippen LogP contribution in [0.3, 0.4) is 0 Å². The summed E-state index contributed by atoms with van der Waals surface area (Å²) >= 11 is 0. The Labute approximate surface area is 594 Å². The summed E-state index contributed by atoms with van der Waals surface area (Å²) in [5.74, 6) is 0.926. The second-order valence-electron chi connectivity index (χ2n) is 30.0. The Bertz CT molecular complexity index is 1900. The molecule has 17 nitrogen and oxygen atoms in total. The van der Waals surface area contributed by atoms with Crippen LogP contribution in [0.4, 0.5) is 0 Å². The molecule has 0 amide bonds. The average Bonchev–Trinajstić information content (AvgIpc) is 1.13. The quantitative estimate of drug-likeness (QED) is 0.0222. The van der Waals surface area contributed by atoms with Crippen molar-refractivity contribution in [2.24, 2.45) is 23.7 Å². The second-order valence-corrected chi connectivity index (χ2v) is 32.9. The molecule has 0 rings (SSSR count). The lowest BCUT2D eigenvalue weighted by Crippen LogP contribution is -2.30. The summed E-state index contributed by atoms with van der Waals surface area (Å²) in [5.41, 5.74) is 0. The number of hydrogen-bond donors (Lipinski definition) is 3. The van der Waals surface area contributed by atoms with Gasteiger partial charge in [-0.15, -0.1) is 0 Å². The van der Waals surface area contributed by atoms with Gasteiger partial charge >= 0.3 is 39.5 Å². The van der Waals surface area contributed by atoms with Crippen LogP contribution in [0.5, 0.6) is 0 Å². The molecule has 0 aromatic rings. The maximum Gasteiger partial charge on any atom is 0.472 e. The number of carbonyl (C=O) groups is 4. The monoisotopic (exact) mass is 1420 g/mol. The van der Waals surface area contributed by atoms with Crippen LogP contribution in [0.15, 0.2) is 0 Å². The standard InChI is InChI=1S/C78H152O17P2/c1-68(2)54-46-38-30-23-18-14-11-9-10-12-16-20-26-35-44-52-60-78(83)95-74(65-89-76(81)59-51-43-37-29-33-41-49-57-71(7)8)67-93-97(86,87)91-63-72(79)62-90-96(84,85)92-66-73(64-88-75(80)58-50-42-34-28-22-25-32-40-48-56-70(5)6)94-77(82)61-53-45-36-27-21-17-13-15-19-24-31-39-47-55-69(3)4/h68-74,79H,9-67H2,1-8H3,(H,84,85)(H,86,87)/t72?,73-,74-/m1/s1. The Morgan fingerprint density at radius 2 is 0.433 bits per heavy atom. The van der Waals surface area contributed by atoms with Gasteiger partial charge in [-0.3, -0.25) is 37.3 Å². The predicted molar refractivity (Wildman–Crippen MR) is 395 cm³/mol. The lowest BCUT2D eigenvalue weighted by molar-refractivity contribution is -0.161. The fraction of sp³-hybridized carbons (Fsp3) is 0.949. The van der Waals surface area contributed by atoms with E-state index < -0.39 is 97.5 Å². The number of esters is 4. The highest BCUT2D eigenvalue weighted by Crippen LogP contribution is 2.45. The summed E-state index contributed by atoms with van der Waals surface area (Å²) in [6.07, 6.45) is 52.8. The molecule has 0 aromatic carbocycles. The van der Waals surface area contributed by atoms with Crippen LogP contribution in [0.25, 0.3) is 0 Å². The molecule has 0 saturated heterocycles. The first-order valence-corrected chi connectivity index (χ1v) is 43.2. The zero-order valence-corrected chi connectivity index (χ0v) is 65.5. The zero-order chi connectivity index (χ0) is 71.7. The molecular weight excluding hydrogens is 1270 g/mol. The molecule has 0 aliphatic heterocycles. The highest BCUT2D eigenvalue weighted by Gasteiger charge is 2.30. The SMILES string of the molecule is CC(C)CCCCCCCCCCCCCCCCCCC(=O)O[C@H](COC(=O)CCCCCCCCCC(C)C)COP(=O)(O)OCC(O)COP(=O)(O)OC[C@@H](COC(=O)CCCCCCCCCCCC(C)C)OC(=O)CCCCCCCCCCCCCCCC(C)C. The molecule has 0 radical (unpaired) electrons. The molecule has 19 heteroatoms. The van der Waals surface area contributed by atoms with Crippen molar-refractivity contribution in [3.8, 4) is 0 Å². The number of rotatable bonds is 75. The molecule has 3 unspecified atom stereocenters. The van der Waals surface area contributed by atoms with E-state index in [9.17, 15) is 43.2 Å². The Balaban J connectivity index is 5.22. The van der Waals surface area contributed by atoms with E-state index in [-0.39, 0.29) is 25.7 Å². The van der Waals surface area contributed by atoms with Crippen molar-refractivity contribution < 1.29 is 80.2 Å². The topological polar surface area (TPSA) is 237 Å². The van der Waals surface area contributed by atoms with Gasteiger partial charge in [-0.2, -0.15) is 0 Å². The molecular formula is C78H152O17P2. The highest BCUT2D eigenvalue weighted by molar-refractivity contribution is 7.47. The van der Waals surface area contributed by atoms with Crippen molar-refractivity contribution in [2.45, 2.75) is 414 Å². The van der Waals surface area contributed by atoms with Gasteiger partial charge in [-0.25, -0.2) is 9.13 Å². The van der Waals surface area contributed by atoms with E-state index in [1.54, 1.807) is 0 Å². The fourth-order valence-electron chi connectivity index (χ4n) is 11.9.